The molecule has 0 atom stereocenters. The number of carbonyl (C=O) groups excluding carboxylic acids is 1. The highest BCUT2D eigenvalue weighted by atomic mass is 32.1. The highest BCUT2D eigenvalue weighted by Gasteiger charge is 2.17. The van der Waals surface area contributed by atoms with Gasteiger partial charge in [0.15, 0.2) is 0 Å². The van der Waals surface area contributed by atoms with E-state index in [1.807, 2.05) is 13.8 Å². The molecule has 0 bridgehead atoms. The minimum absolute atomic E-state index is 0.0502. The summed E-state index contributed by atoms with van der Waals surface area (Å²) in [7, 11) is 0. The van der Waals surface area contributed by atoms with E-state index < -0.39 is 5.97 Å². The van der Waals surface area contributed by atoms with Gasteiger partial charge in [0.2, 0.25) is 5.91 Å². The van der Waals surface area contributed by atoms with Crippen LogP contribution in [0.25, 0.3) is 0 Å². The number of amides is 1. The molecule has 0 aromatic carbocycles. The van der Waals surface area contributed by atoms with Gasteiger partial charge in [-0.15, -0.1) is 0 Å². The summed E-state index contributed by atoms with van der Waals surface area (Å²) in [6, 6.07) is 0. The van der Waals surface area contributed by atoms with E-state index in [9.17, 15) is 9.59 Å². The van der Waals surface area contributed by atoms with Crippen LogP contribution in [-0.4, -0.2) is 34.4 Å². The Morgan fingerprint density at radius 3 is 2.67 bits per heavy atom. The van der Waals surface area contributed by atoms with Crippen molar-refractivity contribution in [2.24, 2.45) is 5.92 Å². The van der Waals surface area contributed by atoms with Crippen molar-refractivity contribution in [2.75, 3.05) is 18.4 Å². The molecule has 0 aliphatic rings. The smallest absolute Gasteiger partial charge is 0.340 e. The average Bonchev–Trinajstić information content (AvgIpc) is 2.65. The summed E-state index contributed by atoms with van der Waals surface area (Å²) in [5.74, 6) is -0.813. The third-order valence-corrected chi connectivity index (χ3v) is 3.09. The van der Waals surface area contributed by atoms with E-state index in [4.69, 9.17) is 5.11 Å². The van der Waals surface area contributed by atoms with Gasteiger partial charge in [-0.3, -0.25) is 4.79 Å². The first-order chi connectivity index (χ1) is 8.41. The maximum atomic E-state index is 11.5. The van der Waals surface area contributed by atoms with Crippen LogP contribution >= 0.6 is 11.5 Å². The van der Waals surface area contributed by atoms with Crippen LogP contribution in [0.15, 0.2) is 0 Å². The second-order valence-corrected chi connectivity index (χ2v) is 5.10. The Hall–Kier alpha value is -1.63. The number of carboxylic acid groups (broad SMARTS) is 1. The van der Waals surface area contributed by atoms with Gasteiger partial charge in [-0.25, -0.2) is 4.79 Å². The van der Waals surface area contributed by atoms with Crippen molar-refractivity contribution in [3.05, 3.63) is 11.3 Å². The maximum absolute atomic E-state index is 11.5. The van der Waals surface area contributed by atoms with Crippen molar-refractivity contribution in [3.8, 4) is 0 Å². The molecule has 7 heteroatoms. The Bertz CT molecular complexity index is 443. The number of nitrogens with zero attached hydrogens (tertiary/aromatic N) is 1. The number of hydrogen-bond donors (Lipinski definition) is 3. The molecule has 0 unspecified atom stereocenters. The van der Waals surface area contributed by atoms with Crippen LogP contribution in [0, 0.1) is 12.8 Å². The number of rotatable bonds is 6. The summed E-state index contributed by atoms with van der Waals surface area (Å²) >= 11 is 1.05. The van der Waals surface area contributed by atoms with Crippen LogP contribution in [0.2, 0.25) is 0 Å². The molecule has 18 heavy (non-hydrogen) atoms. The molecular weight excluding hydrogens is 254 g/mol. The van der Waals surface area contributed by atoms with Crippen molar-refractivity contribution in [1.82, 2.24) is 9.69 Å². The Labute approximate surface area is 110 Å². The predicted octanol–water partition coefficient (Wildman–Crippen LogP) is 1.33. The molecular formula is C11H17N3O3S. The summed E-state index contributed by atoms with van der Waals surface area (Å²) < 4.78 is 3.96. The standard InChI is InChI=1S/C11H17N3O3S/c1-6(2)4-12-8(15)5-13-10-9(11(16)17)7(3)14-18-10/h6,13H,4-5H2,1-3H3,(H,12,15)(H,16,17). The second kappa shape index (κ2) is 6.34. The van der Waals surface area contributed by atoms with Crippen molar-refractivity contribution in [2.45, 2.75) is 20.8 Å². The van der Waals surface area contributed by atoms with Gasteiger partial charge in [-0.2, -0.15) is 4.37 Å². The van der Waals surface area contributed by atoms with Crippen LogP contribution in [0.4, 0.5) is 5.00 Å². The van der Waals surface area contributed by atoms with E-state index in [2.05, 4.69) is 15.0 Å². The average molecular weight is 271 g/mol. The number of aromatic nitrogens is 1. The summed E-state index contributed by atoms with van der Waals surface area (Å²) in [5.41, 5.74) is 0.592. The van der Waals surface area contributed by atoms with E-state index in [1.165, 1.54) is 0 Å². The number of aromatic carboxylic acids is 1. The van der Waals surface area contributed by atoms with Crippen LogP contribution in [0.5, 0.6) is 0 Å². The number of nitrogens with one attached hydrogen (secondary N) is 2. The third kappa shape index (κ3) is 3.99. The van der Waals surface area contributed by atoms with Crippen molar-refractivity contribution < 1.29 is 14.7 Å². The van der Waals surface area contributed by atoms with Gasteiger partial charge in [-0.1, -0.05) is 13.8 Å². The fourth-order valence-electron chi connectivity index (χ4n) is 1.28. The van der Waals surface area contributed by atoms with Crippen LogP contribution in [-0.2, 0) is 4.79 Å². The first-order valence-corrected chi connectivity index (χ1v) is 6.39. The Balaban J connectivity index is 2.54. The van der Waals surface area contributed by atoms with E-state index in [0.29, 0.717) is 23.2 Å². The molecule has 100 valence electrons. The lowest BCUT2D eigenvalue weighted by Gasteiger charge is -2.08. The lowest BCUT2D eigenvalue weighted by molar-refractivity contribution is -0.119. The largest absolute Gasteiger partial charge is 0.478 e. The fraction of sp³-hybridized carbons (Fsp3) is 0.545. The molecule has 0 aliphatic carbocycles. The molecule has 0 radical (unpaired) electrons. The molecule has 1 heterocycles. The first-order valence-electron chi connectivity index (χ1n) is 5.62. The molecule has 6 nitrogen and oxygen atoms in total. The zero-order chi connectivity index (χ0) is 13.7. The van der Waals surface area contributed by atoms with Crippen LogP contribution in [0.3, 0.4) is 0 Å². The number of carboxylic acids is 1. The molecule has 1 rings (SSSR count). The summed E-state index contributed by atoms with van der Waals surface area (Å²) in [6.07, 6.45) is 0. The molecule has 0 saturated heterocycles. The minimum atomic E-state index is -1.04. The molecule has 0 aliphatic heterocycles. The van der Waals surface area contributed by atoms with Gasteiger partial charge >= 0.3 is 5.97 Å². The third-order valence-electron chi connectivity index (χ3n) is 2.19. The zero-order valence-electron chi connectivity index (χ0n) is 10.6. The predicted molar refractivity (Wildman–Crippen MR) is 70.1 cm³/mol. The number of anilines is 1. The zero-order valence-corrected chi connectivity index (χ0v) is 11.4. The van der Waals surface area contributed by atoms with Crippen molar-refractivity contribution >= 4 is 28.4 Å². The van der Waals surface area contributed by atoms with Crippen molar-refractivity contribution in [3.63, 3.8) is 0 Å². The molecule has 1 amide bonds. The second-order valence-electron chi connectivity index (χ2n) is 4.33. The van der Waals surface area contributed by atoms with E-state index in [0.717, 1.165) is 11.5 Å². The van der Waals surface area contributed by atoms with E-state index >= 15 is 0 Å². The molecule has 3 N–H and O–H groups in total. The van der Waals surface area contributed by atoms with E-state index in [-0.39, 0.29) is 18.0 Å². The van der Waals surface area contributed by atoms with Crippen LogP contribution in [0.1, 0.15) is 29.9 Å². The lowest BCUT2D eigenvalue weighted by Crippen LogP contribution is -2.32. The molecule has 0 saturated carbocycles. The normalized spacial score (nSPS) is 10.4. The molecule has 0 spiro atoms. The summed E-state index contributed by atoms with van der Waals surface area (Å²) in [4.78, 5) is 22.5. The number of carbonyl (C=O) groups is 2. The maximum Gasteiger partial charge on any atom is 0.340 e. The lowest BCUT2D eigenvalue weighted by atomic mass is 10.2. The van der Waals surface area contributed by atoms with Gasteiger partial charge in [0, 0.05) is 6.54 Å². The Morgan fingerprint density at radius 2 is 2.11 bits per heavy atom. The summed E-state index contributed by atoms with van der Waals surface area (Å²) in [5, 5.41) is 15.0. The van der Waals surface area contributed by atoms with Gasteiger partial charge in [0.05, 0.1) is 12.2 Å². The number of aryl methyl sites for hydroxylation is 1. The van der Waals surface area contributed by atoms with Gasteiger partial charge in [0.1, 0.15) is 10.6 Å². The highest BCUT2D eigenvalue weighted by Crippen LogP contribution is 2.23. The summed E-state index contributed by atoms with van der Waals surface area (Å²) in [6.45, 7) is 6.29. The quantitative estimate of drug-likeness (QED) is 0.726. The molecule has 1 aromatic heterocycles. The highest BCUT2D eigenvalue weighted by molar-refractivity contribution is 7.10. The first kappa shape index (κ1) is 14.4. The van der Waals surface area contributed by atoms with Crippen LogP contribution < -0.4 is 10.6 Å². The molecule has 0 fully saturated rings. The fourth-order valence-corrected chi connectivity index (χ4v) is 2.07. The monoisotopic (exact) mass is 271 g/mol. The van der Waals surface area contributed by atoms with Crippen molar-refractivity contribution in [1.29, 1.82) is 0 Å². The Morgan fingerprint density at radius 1 is 1.44 bits per heavy atom. The van der Waals surface area contributed by atoms with Gasteiger partial charge in [-0.05, 0) is 24.4 Å². The number of hydrogen-bond acceptors (Lipinski definition) is 5. The Kier molecular flexibility index (Phi) is 5.08. The SMILES string of the molecule is Cc1nsc(NCC(=O)NCC(C)C)c1C(=O)O. The van der Waals surface area contributed by atoms with Gasteiger partial charge < -0.3 is 15.7 Å². The molecule has 1 aromatic rings. The van der Waals surface area contributed by atoms with Gasteiger partial charge in [0.25, 0.3) is 0 Å². The minimum Gasteiger partial charge on any atom is -0.478 e. The van der Waals surface area contributed by atoms with E-state index in [1.54, 1.807) is 6.92 Å². The topological polar surface area (TPSA) is 91.3 Å².